The van der Waals surface area contributed by atoms with E-state index in [-0.39, 0.29) is 19.6 Å². The van der Waals surface area contributed by atoms with Crippen LogP contribution in [0.4, 0.5) is 5.95 Å². The molecule has 0 aliphatic carbocycles. The van der Waals surface area contributed by atoms with Crippen molar-refractivity contribution in [2.45, 2.75) is 12.5 Å². The Bertz CT molecular complexity index is 863. The molecule has 3 rings (SSSR count). The molecule has 2 heterocycles. The van der Waals surface area contributed by atoms with E-state index < -0.39 is 30.5 Å². The highest BCUT2D eigenvalue weighted by molar-refractivity contribution is 5.86. The molecule has 0 fully saturated rings. The number of nitrogens with one attached hydrogen (secondary N) is 3. The van der Waals surface area contributed by atoms with Crippen LogP contribution in [-0.4, -0.2) is 53.6 Å². The smallest absolute Gasteiger partial charge is 0.308 e. The lowest BCUT2D eigenvalue weighted by Crippen LogP contribution is -2.51. The van der Waals surface area contributed by atoms with Gasteiger partial charge in [0.2, 0.25) is 12.1 Å². The maximum absolute atomic E-state index is 12.1. The molecule has 2 amide bonds. The molecule has 0 bridgehead atoms. The molecule has 0 saturated carbocycles. The summed E-state index contributed by atoms with van der Waals surface area (Å²) in [5, 5.41) is 2.84. The second-order valence-corrected chi connectivity index (χ2v) is 5.81. The van der Waals surface area contributed by atoms with Crippen LogP contribution in [0.5, 0.6) is 11.5 Å². The Morgan fingerprint density at radius 2 is 1.83 bits per heavy atom. The molecule has 1 aromatic carbocycles. The molecular formula is C18H19N5O6. The maximum atomic E-state index is 12.1. The van der Waals surface area contributed by atoms with E-state index in [4.69, 9.17) is 14.2 Å². The van der Waals surface area contributed by atoms with Gasteiger partial charge in [0.05, 0.1) is 6.42 Å². The minimum absolute atomic E-state index is 0.00579. The molecule has 1 atom stereocenters. The summed E-state index contributed by atoms with van der Waals surface area (Å²) in [6, 6.07) is 8.60. The van der Waals surface area contributed by atoms with E-state index in [0.717, 1.165) is 0 Å². The number of amides is 2. The molecule has 1 aromatic heterocycles. The number of hydrogen-bond donors (Lipinski definition) is 3. The average Bonchev–Trinajstić information content (AvgIpc) is 2.76. The van der Waals surface area contributed by atoms with Gasteiger partial charge in [0, 0.05) is 18.9 Å². The summed E-state index contributed by atoms with van der Waals surface area (Å²) >= 11 is 0. The summed E-state index contributed by atoms with van der Waals surface area (Å²) in [6.07, 6.45) is 2.23. The molecule has 0 radical (unpaired) electrons. The molecule has 29 heavy (non-hydrogen) atoms. The van der Waals surface area contributed by atoms with Gasteiger partial charge in [-0.05, 0) is 18.2 Å². The molecule has 3 N–H and O–H groups in total. The van der Waals surface area contributed by atoms with Gasteiger partial charge in [-0.25, -0.2) is 9.97 Å². The van der Waals surface area contributed by atoms with Crippen molar-refractivity contribution >= 4 is 23.7 Å². The van der Waals surface area contributed by atoms with E-state index >= 15 is 0 Å². The van der Waals surface area contributed by atoms with Crippen LogP contribution < -0.4 is 25.6 Å². The van der Waals surface area contributed by atoms with Gasteiger partial charge in [-0.1, -0.05) is 12.1 Å². The van der Waals surface area contributed by atoms with Crippen molar-refractivity contribution in [3.8, 4) is 11.5 Å². The van der Waals surface area contributed by atoms with Crippen molar-refractivity contribution in [1.29, 1.82) is 0 Å². The SMILES string of the molecule is O=C(COC(=O)CCNc1ncccn1)NNC(=O)C1COc2ccccc2O1. The first kappa shape index (κ1) is 19.9. The zero-order valence-corrected chi connectivity index (χ0v) is 15.3. The number of anilines is 1. The number of carbonyl (C=O) groups is 3. The fourth-order valence-corrected chi connectivity index (χ4v) is 2.28. The lowest BCUT2D eigenvalue weighted by atomic mass is 10.2. The molecule has 11 nitrogen and oxygen atoms in total. The van der Waals surface area contributed by atoms with E-state index in [1.54, 1.807) is 42.7 Å². The van der Waals surface area contributed by atoms with Crippen LogP contribution in [0.15, 0.2) is 42.7 Å². The number of aromatic nitrogens is 2. The van der Waals surface area contributed by atoms with Crippen LogP contribution in [0.3, 0.4) is 0 Å². The first-order valence-electron chi connectivity index (χ1n) is 8.75. The Balaban J connectivity index is 1.30. The zero-order valence-electron chi connectivity index (χ0n) is 15.3. The number of ether oxygens (including phenoxy) is 3. The van der Waals surface area contributed by atoms with Crippen molar-refractivity contribution in [1.82, 2.24) is 20.8 Å². The van der Waals surface area contributed by atoms with Crippen LogP contribution in [0.1, 0.15) is 6.42 Å². The van der Waals surface area contributed by atoms with Crippen molar-refractivity contribution in [2.75, 3.05) is 25.1 Å². The predicted octanol–water partition coefficient (Wildman–Crippen LogP) is -0.191. The van der Waals surface area contributed by atoms with Crippen LogP contribution in [0.2, 0.25) is 0 Å². The van der Waals surface area contributed by atoms with E-state index in [2.05, 4.69) is 26.1 Å². The molecule has 0 spiro atoms. The second-order valence-electron chi connectivity index (χ2n) is 5.81. The molecule has 1 unspecified atom stereocenters. The number of carbonyl (C=O) groups excluding carboxylic acids is 3. The number of esters is 1. The number of fused-ring (bicyclic) bond motifs is 1. The van der Waals surface area contributed by atoms with Gasteiger partial charge in [0.1, 0.15) is 6.61 Å². The van der Waals surface area contributed by atoms with Crippen molar-refractivity contribution in [2.24, 2.45) is 0 Å². The quantitative estimate of drug-likeness (QED) is 0.425. The number of benzene rings is 1. The molecule has 1 aliphatic heterocycles. The average molecular weight is 401 g/mol. The third kappa shape index (κ3) is 6.06. The van der Waals surface area contributed by atoms with E-state index in [1.165, 1.54) is 0 Å². The summed E-state index contributed by atoms with van der Waals surface area (Å²) in [5.74, 6) is -0.503. The largest absolute Gasteiger partial charge is 0.485 e. The lowest BCUT2D eigenvalue weighted by molar-refractivity contribution is -0.149. The van der Waals surface area contributed by atoms with Crippen molar-refractivity contribution in [3.63, 3.8) is 0 Å². The maximum Gasteiger partial charge on any atom is 0.308 e. The Morgan fingerprint density at radius 1 is 1.07 bits per heavy atom. The van der Waals surface area contributed by atoms with Crippen molar-refractivity contribution < 1.29 is 28.6 Å². The predicted molar refractivity (Wildman–Crippen MR) is 98.7 cm³/mol. The fraction of sp³-hybridized carbons (Fsp3) is 0.278. The minimum atomic E-state index is -0.918. The molecular weight excluding hydrogens is 382 g/mol. The Morgan fingerprint density at radius 3 is 2.62 bits per heavy atom. The van der Waals surface area contributed by atoms with E-state index in [0.29, 0.717) is 17.4 Å². The third-order valence-corrected chi connectivity index (χ3v) is 3.67. The fourth-order valence-electron chi connectivity index (χ4n) is 2.28. The highest BCUT2D eigenvalue weighted by Gasteiger charge is 2.27. The number of hydrazine groups is 1. The van der Waals surface area contributed by atoms with Crippen molar-refractivity contribution in [3.05, 3.63) is 42.7 Å². The molecule has 152 valence electrons. The van der Waals surface area contributed by atoms with Gasteiger partial charge in [-0.2, -0.15) is 0 Å². The Kier molecular flexibility index (Phi) is 6.76. The Hall–Kier alpha value is -3.89. The van der Waals surface area contributed by atoms with Crippen LogP contribution in [0.25, 0.3) is 0 Å². The number of para-hydroxylation sites is 2. The molecule has 11 heteroatoms. The molecule has 1 aliphatic rings. The van der Waals surface area contributed by atoms with Gasteiger partial charge in [0.25, 0.3) is 11.8 Å². The third-order valence-electron chi connectivity index (χ3n) is 3.67. The molecule has 2 aromatic rings. The first-order chi connectivity index (χ1) is 14.1. The summed E-state index contributed by atoms with van der Waals surface area (Å²) in [7, 11) is 0. The van der Waals surface area contributed by atoms with E-state index in [9.17, 15) is 14.4 Å². The van der Waals surface area contributed by atoms with Crippen LogP contribution in [-0.2, 0) is 19.1 Å². The Labute approximate surface area is 165 Å². The van der Waals surface area contributed by atoms with Gasteiger partial charge in [-0.3, -0.25) is 25.2 Å². The minimum Gasteiger partial charge on any atom is -0.485 e. The summed E-state index contributed by atoms with van der Waals surface area (Å²) in [6.45, 7) is -0.278. The number of nitrogens with zero attached hydrogens (tertiary/aromatic N) is 2. The highest BCUT2D eigenvalue weighted by atomic mass is 16.6. The lowest BCUT2D eigenvalue weighted by Gasteiger charge is -2.25. The zero-order chi connectivity index (χ0) is 20.5. The van der Waals surface area contributed by atoms with Gasteiger partial charge >= 0.3 is 5.97 Å². The van der Waals surface area contributed by atoms with Crippen LogP contribution >= 0.6 is 0 Å². The van der Waals surface area contributed by atoms with Crippen LogP contribution in [0, 0.1) is 0 Å². The molecule has 0 saturated heterocycles. The monoisotopic (exact) mass is 401 g/mol. The van der Waals surface area contributed by atoms with E-state index in [1.807, 2.05) is 0 Å². The second kappa shape index (κ2) is 9.88. The number of rotatable bonds is 7. The first-order valence-corrected chi connectivity index (χ1v) is 8.75. The van der Waals surface area contributed by atoms with Gasteiger partial charge < -0.3 is 19.5 Å². The summed E-state index contributed by atoms with van der Waals surface area (Å²) < 4.78 is 15.8. The van der Waals surface area contributed by atoms with Gasteiger partial charge in [-0.15, -0.1) is 0 Å². The standard InChI is InChI=1S/C18H19N5O6/c24-15(11-28-16(25)6-9-21-18-19-7-3-8-20-18)22-23-17(26)14-10-27-12-4-1-2-5-13(12)29-14/h1-5,7-8,14H,6,9-11H2,(H,22,24)(H,23,26)(H,19,20,21). The number of hydrogen-bond acceptors (Lipinski definition) is 9. The summed E-state index contributed by atoms with van der Waals surface area (Å²) in [5.41, 5.74) is 4.36. The normalized spacial score (nSPS) is 14.4. The topological polar surface area (TPSA) is 141 Å². The van der Waals surface area contributed by atoms with Gasteiger partial charge in [0.15, 0.2) is 18.1 Å². The summed E-state index contributed by atoms with van der Waals surface area (Å²) in [4.78, 5) is 43.3. The highest BCUT2D eigenvalue weighted by Crippen LogP contribution is 2.30.